The van der Waals surface area contributed by atoms with Gasteiger partial charge in [0, 0.05) is 18.5 Å². The zero-order chi connectivity index (χ0) is 15.8. The van der Waals surface area contributed by atoms with Crippen molar-refractivity contribution >= 4 is 16.8 Å². The number of rotatable bonds is 2. The maximum absolute atomic E-state index is 12.7. The number of aryl methyl sites for hydroxylation is 1. The second-order valence-corrected chi connectivity index (χ2v) is 7.29. The molecule has 0 bridgehead atoms. The summed E-state index contributed by atoms with van der Waals surface area (Å²) < 4.78 is 1.79. The third-order valence-electron chi connectivity index (χ3n) is 5.80. The third-order valence-corrected chi connectivity index (χ3v) is 5.80. The molecule has 2 unspecified atom stereocenters. The number of fused-ring (bicyclic) bond motifs is 2. The molecule has 2 aliphatic rings. The lowest BCUT2D eigenvalue weighted by atomic mass is 9.92. The number of amides is 1. The molecule has 122 valence electrons. The summed E-state index contributed by atoms with van der Waals surface area (Å²) in [5.74, 6) is 1.63. The Bertz CT molecular complexity index is 706. The van der Waals surface area contributed by atoms with E-state index in [2.05, 4.69) is 10.4 Å². The van der Waals surface area contributed by atoms with Gasteiger partial charge in [0.25, 0.3) is 5.91 Å². The molecule has 23 heavy (non-hydrogen) atoms. The lowest BCUT2D eigenvalue weighted by molar-refractivity contribution is 0.0932. The van der Waals surface area contributed by atoms with Gasteiger partial charge in [0.1, 0.15) is 0 Å². The fourth-order valence-corrected chi connectivity index (χ4v) is 4.66. The highest BCUT2D eigenvalue weighted by Crippen LogP contribution is 2.41. The lowest BCUT2D eigenvalue weighted by Crippen LogP contribution is -2.33. The maximum Gasteiger partial charge on any atom is 0.272 e. The van der Waals surface area contributed by atoms with Gasteiger partial charge in [-0.3, -0.25) is 9.48 Å². The van der Waals surface area contributed by atoms with Crippen LogP contribution in [0.5, 0.6) is 0 Å². The normalized spacial score (nSPS) is 27.6. The van der Waals surface area contributed by atoms with Crippen LogP contribution in [0.1, 0.15) is 55.4 Å². The quantitative estimate of drug-likeness (QED) is 0.920. The van der Waals surface area contributed by atoms with Gasteiger partial charge in [0.15, 0.2) is 5.69 Å². The molecule has 2 fully saturated rings. The monoisotopic (exact) mass is 311 g/mol. The molecule has 1 amide bonds. The molecule has 0 spiro atoms. The van der Waals surface area contributed by atoms with Crippen LogP contribution >= 0.6 is 0 Å². The minimum absolute atomic E-state index is 0.0109. The van der Waals surface area contributed by atoms with Crippen molar-refractivity contribution in [1.29, 1.82) is 0 Å². The summed E-state index contributed by atoms with van der Waals surface area (Å²) in [4.78, 5) is 12.7. The standard InChI is InChI=1S/C19H25N3O/c1-22-17-10-6-5-9-16(17)18(21-22)19(23)20-15-11-13-7-3-2-4-8-14(13)12-15/h5-6,9-10,13-15H,2-4,7-8,11-12H2,1H3,(H,20,23). The first-order valence-corrected chi connectivity index (χ1v) is 8.95. The van der Waals surface area contributed by atoms with Crippen LogP contribution in [-0.2, 0) is 7.05 Å². The summed E-state index contributed by atoms with van der Waals surface area (Å²) in [5.41, 5.74) is 1.57. The van der Waals surface area contributed by atoms with E-state index in [1.165, 1.54) is 32.1 Å². The highest BCUT2D eigenvalue weighted by atomic mass is 16.2. The Morgan fingerprint density at radius 2 is 1.83 bits per heavy atom. The summed E-state index contributed by atoms with van der Waals surface area (Å²) in [6.45, 7) is 0. The number of benzene rings is 1. The lowest BCUT2D eigenvalue weighted by Gasteiger charge is -2.13. The number of aromatic nitrogens is 2. The van der Waals surface area contributed by atoms with E-state index < -0.39 is 0 Å². The second kappa shape index (κ2) is 5.99. The van der Waals surface area contributed by atoms with E-state index in [9.17, 15) is 4.79 Å². The largest absolute Gasteiger partial charge is 0.348 e. The molecule has 4 nitrogen and oxygen atoms in total. The Kier molecular flexibility index (Phi) is 3.83. The first-order valence-electron chi connectivity index (χ1n) is 8.95. The molecule has 0 radical (unpaired) electrons. The molecule has 2 aromatic rings. The van der Waals surface area contributed by atoms with Crippen molar-refractivity contribution in [3.8, 4) is 0 Å². The fourth-order valence-electron chi connectivity index (χ4n) is 4.66. The highest BCUT2D eigenvalue weighted by molar-refractivity contribution is 6.04. The van der Waals surface area contributed by atoms with Gasteiger partial charge in [-0.15, -0.1) is 0 Å². The molecule has 2 aliphatic carbocycles. The SMILES string of the molecule is Cn1nc(C(=O)NC2CC3CCCCCC3C2)c2ccccc21. The molecule has 1 N–H and O–H groups in total. The van der Waals surface area contributed by atoms with Gasteiger partial charge in [0.05, 0.1) is 5.52 Å². The first-order chi connectivity index (χ1) is 11.2. The molecule has 1 heterocycles. The van der Waals surface area contributed by atoms with Crippen LogP contribution in [0.3, 0.4) is 0 Å². The topological polar surface area (TPSA) is 46.9 Å². The Morgan fingerprint density at radius 1 is 1.13 bits per heavy atom. The Labute approximate surface area is 137 Å². The number of nitrogens with one attached hydrogen (secondary N) is 1. The van der Waals surface area contributed by atoms with Crippen LogP contribution < -0.4 is 5.32 Å². The zero-order valence-corrected chi connectivity index (χ0v) is 13.8. The van der Waals surface area contributed by atoms with Gasteiger partial charge < -0.3 is 5.32 Å². The molecule has 0 saturated heterocycles. The average molecular weight is 311 g/mol. The van der Waals surface area contributed by atoms with Gasteiger partial charge in [-0.25, -0.2) is 0 Å². The van der Waals surface area contributed by atoms with Gasteiger partial charge >= 0.3 is 0 Å². The van der Waals surface area contributed by atoms with E-state index in [-0.39, 0.29) is 5.91 Å². The molecule has 1 aromatic carbocycles. The summed E-state index contributed by atoms with van der Waals surface area (Å²) in [5, 5.41) is 8.65. The van der Waals surface area contributed by atoms with Crippen molar-refractivity contribution in [2.24, 2.45) is 18.9 Å². The summed E-state index contributed by atoms with van der Waals surface area (Å²) >= 11 is 0. The van der Waals surface area contributed by atoms with E-state index in [0.717, 1.165) is 35.6 Å². The van der Waals surface area contributed by atoms with Crippen molar-refractivity contribution in [3.05, 3.63) is 30.0 Å². The molecule has 2 saturated carbocycles. The maximum atomic E-state index is 12.7. The van der Waals surface area contributed by atoms with E-state index in [1.54, 1.807) is 4.68 Å². The molecule has 4 rings (SSSR count). The van der Waals surface area contributed by atoms with Gasteiger partial charge in [0.2, 0.25) is 0 Å². The molecule has 1 aromatic heterocycles. The van der Waals surface area contributed by atoms with Crippen molar-refractivity contribution in [2.75, 3.05) is 0 Å². The van der Waals surface area contributed by atoms with E-state index in [4.69, 9.17) is 0 Å². The minimum Gasteiger partial charge on any atom is -0.348 e. The van der Waals surface area contributed by atoms with Crippen molar-refractivity contribution < 1.29 is 4.79 Å². The Morgan fingerprint density at radius 3 is 2.57 bits per heavy atom. The third kappa shape index (κ3) is 2.75. The van der Waals surface area contributed by atoms with Crippen molar-refractivity contribution in [1.82, 2.24) is 15.1 Å². The van der Waals surface area contributed by atoms with Crippen LogP contribution in [0.4, 0.5) is 0 Å². The zero-order valence-electron chi connectivity index (χ0n) is 13.8. The highest BCUT2D eigenvalue weighted by Gasteiger charge is 2.35. The number of carbonyl (C=O) groups is 1. The van der Waals surface area contributed by atoms with Gasteiger partial charge in [-0.1, -0.05) is 50.3 Å². The van der Waals surface area contributed by atoms with Crippen LogP contribution in [0.2, 0.25) is 0 Å². The molecule has 0 aliphatic heterocycles. The van der Waals surface area contributed by atoms with E-state index in [0.29, 0.717) is 11.7 Å². The Balaban J connectivity index is 1.50. The second-order valence-electron chi connectivity index (χ2n) is 7.29. The van der Waals surface area contributed by atoms with Crippen LogP contribution in [0, 0.1) is 11.8 Å². The smallest absolute Gasteiger partial charge is 0.272 e. The first kappa shape index (κ1) is 14.7. The van der Waals surface area contributed by atoms with Crippen LogP contribution in [-0.4, -0.2) is 21.7 Å². The predicted molar refractivity (Wildman–Crippen MR) is 91.3 cm³/mol. The summed E-state index contributed by atoms with van der Waals surface area (Å²) in [7, 11) is 1.90. The predicted octanol–water partition coefficient (Wildman–Crippen LogP) is 3.66. The molecule has 4 heteroatoms. The average Bonchev–Trinajstić information content (AvgIpc) is 3.01. The van der Waals surface area contributed by atoms with Crippen LogP contribution in [0.15, 0.2) is 24.3 Å². The summed E-state index contributed by atoms with van der Waals surface area (Å²) in [6, 6.07) is 8.27. The molecular weight excluding hydrogens is 286 g/mol. The van der Waals surface area contributed by atoms with Crippen molar-refractivity contribution in [2.45, 2.75) is 51.0 Å². The molecular formula is C19H25N3O. The Hall–Kier alpha value is -1.84. The molecule has 2 atom stereocenters. The number of hydrogen-bond donors (Lipinski definition) is 1. The summed E-state index contributed by atoms with van der Waals surface area (Å²) in [6.07, 6.45) is 9.14. The number of nitrogens with zero attached hydrogens (tertiary/aromatic N) is 2. The van der Waals surface area contributed by atoms with E-state index in [1.807, 2.05) is 31.3 Å². The van der Waals surface area contributed by atoms with Crippen molar-refractivity contribution in [3.63, 3.8) is 0 Å². The fraction of sp³-hybridized carbons (Fsp3) is 0.579. The van der Waals surface area contributed by atoms with Gasteiger partial charge in [-0.05, 0) is 30.7 Å². The number of para-hydroxylation sites is 1. The minimum atomic E-state index is -0.0109. The van der Waals surface area contributed by atoms with Gasteiger partial charge in [-0.2, -0.15) is 5.10 Å². The van der Waals surface area contributed by atoms with E-state index >= 15 is 0 Å². The number of hydrogen-bond acceptors (Lipinski definition) is 2. The number of carbonyl (C=O) groups excluding carboxylic acids is 1. The van der Waals surface area contributed by atoms with Crippen LogP contribution in [0.25, 0.3) is 10.9 Å².